The highest BCUT2D eigenvalue weighted by Crippen LogP contribution is 2.18. The molecule has 2 nitrogen and oxygen atoms in total. The Hall–Kier alpha value is -2.22. The summed E-state index contributed by atoms with van der Waals surface area (Å²) in [6.07, 6.45) is 1.78. The van der Waals surface area contributed by atoms with Crippen molar-refractivity contribution in [3.8, 4) is 0 Å². The quantitative estimate of drug-likeness (QED) is 0.556. The zero-order valence-electron chi connectivity index (χ0n) is 8.71. The van der Waals surface area contributed by atoms with E-state index >= 15 is 0 Å². The molecule has 0 saturated carbocycles. The lowest BCUT2D eigenvalue weighted by Gasteiger charge is -1.98. The SMILES string of the molecule is O=N/C(=C\c1ccccc1)c1ccccc1. The van der Waals surface area contributed by atoms with Crippen molar-refractivity contribution in [2.45, 2.75) is 0 Å². The molecule has 16 heavy (non-hydrogen) atoms. The molecule has 0 fully saturated rings. The van der Waals surface area contributed by atoms with Gasteiger partial charge in [0.05, 0.1) is 0 Å². The minimum atomic E-state index is 0.451. The normalized spacial score (nSPS) is 11.1. The molecule has 2 heteroatoms. The number of nitroso groups, excluding NO2 is 1. The lowest BCUT2D eigenvalue weighted by atomic mass is 10.1. The van der Waals surface area contributed by atoms with E-state index in [1.54, 1.807) is 6.08 Å². The van der Waals surface area contributed by atoms with Gasteiger partial charge in [0.15, 0.2) is 0 Å². The first kappa shape index (κ1) is 10.3. The van der Waals surface area contributed by atoms with Gasteiger partial charge in [0.25, 0.3) is 0 Å². The standard InChI is InChI=1S/C14H11NO/c16-15-14(13-9-5-2-6-10-13)11-12-7-3-1-4-8-12/h1-11H/b14-11-. The predicted octanol–water partition coefficient (Wildman–Crippen LogP) is 3.95. The summed E-state index contributed by atoms with van der Waals surface area (Å²) in [5.74, 6) is 0. The summed E-state index contributed by atoms with van der Waals surface area (Å²) in [5, 5.41) is 3.06. The third kappa shape index (κ3) is 2.42. The van der Waals surface area contributed by atoms with Gasteiger partial charge in [0.1, 0.15) is 5.70 Å². The number of benzene rings is 2. The Balaban J connectivity index is 2.38. The first-order valence-corrected chi connectivity index (χ1v) is 5.05. The van der Waals surface area contributed by atoms with Crippen LogP contribution in [0.5, 0.6) is 0 Å². The van der Waals surface area contributed by atoms with Crippen LogP contribution in [0.1, 0.15) is 11.1 Å². The molecule has 0 amide bonds. The highest BCUT2D eigenvalue weighted by molar-refractivity contribution is 5.80. The topological polar surface area (TPSA) is 29.4 Å². The van der Waals surface area contributed by atoms with E-state index in [2.05, 4.69) is 5.18 Å². The van der Waals surface area contributed by atoms with E-state index in [-0.39, 0.29) is 0 Å². The van der Waals surface area contributed by atoms with E-state index in [0.29, 0.717) is 5.70 Å². The molecule has 0 aliphatic heterocycles. The Labute approximate surface area is 94.2 Å². The molecule has 2 aromatic rings. The summed E-state index contributed by atoms with van der Waals surface area (Å²) in [7, 11) is 0. The molecule has 0 aliphatic carbocycles. The molecule has 0 aliphatic rings. The first-order chi connectivity index (χ1) is 7.90. The predicted molar refractivity (Wildman–Crippen MR) is 66.6 cm³/mol. The minimum absolute atomic E-state index is 0.451. The number of nitrogens with zero attached hydrogens (tertiary/aromatic N) is 1. The molecule has 0 unspecified atom stereocenters. The maximum Gasteiger partial charge on any atom is 0.115 e. The van der Waals surface area contributed by atoms with Crippen LogP contribution in [-0.4, -0.2) is 0 Å². The van der Waals surface area contributed by atoms with Gasteiger partial charge < -0.3 is 0 Å². The van der Waals surface area contributed by atoms with Crippen LogP contribution >= 0.6 is 0 Å². The summed E-state index contributed by atoms with van der Waals surface area (Å²) in [6, 6.07) is 19.1. The Kier molecular flexibility index (Phi) is 3.24. The Morgan fingerprint density at radius 2 is 1.44 bits per heavy atom. The summed E-state index contributed by atoms with van der Waals surface area (Å²) in [4.78, 5) is 10.8. The molecular formula is C14H11NO. The second-order valence-corrected chi connectivity index (χ2v) is 3.40. The second-order valence-electron chi connectivity index (χ2n) is 3.40. The van der Waals surface area contributed by atoms with Gasteiger partial charge in [-0.25, -0.2) is 0 Å². The van der Waals surface area contributed by atoms with Crippen LogP contribution < -0.4 is 0 Å². The molecule has 0 heterocycles. The van der Waals surface area contributed by atoms with Crippen LogP contribution in [0.4, 0.5) is 0 Å². The molecular weight excluding hydrogens is 198 g/mol. The summed E-state index contributed by atoms with van der Waals surface area (Å²) in [5.41, 5.74) is 2.26. The highest BCUT2D eigenvalue weighted by atomic mass is 16.3. The molecule has 0 N–H and O–H groups in total. The smallest absolute Gasteiger partial charge is 0.115 e. The fraction of sp³-hybridized carbons (Fsp3) is 0. The van der Waals surface area contributed by atoms with E-state index in [9.17, 15) is 4.91 Å². The molecule has 2 rings (SSSR count). The first-order valence-electron chi connectivity index (χ1n) is 5.05. The zero-order chi connectivity index (χ0) is 11.2. The van der Waals surface area contributed by atoms with Gasteiger partial charge in [-0.05, 0) is 16.8 Å². The van der Waals surface area contributed by atoms with Crippen molar-refractivity contribution in [1.29, 1.82) is 0 Å². The lowest BCUT2D eigenvalue weighted by Crippen LogP contribution is -1.79. The molecule has 0 aromatic heterocycles. The maximum atomic E-state index is 10.8. The van der Waals surface area contributed by atoms with Gasteiger partial charge in [0.2, 0.25) is 0 Å². The van der Waals surface area contributed by atoms with Gasteiger partial charge in [-0.2, -0.15) is 0 Å². The van der Waals surface area contributed by atoms with Gasteiger partial charge in [-0.15, -0.1) is 4.91 Å². The van der Waals surface area contributed by atoms with Crippen LogP contribution in [0.2, 0.25) is 0 Å². The summed E-state index contributed by atoms with van der Waals surface area (Å²) in [6.45, 7) is 0. The molecule has 0 bridgehead atoms. The van der Waals surface area contributed by atoms with Crippen molar-refractivity contribution in [2.75, 3.05) is 0 Å². The van der Waals surface area contributed by atoms with Crippen molar-refractivity contribution in [3.63, 3.8) is 0 Å². The molecule has 0 atom stereocenters. The van der Waals surface area contributed by atoms with Crippen molar-refractivity contribution >= 4 is 11.8 Å². The number of hydrogen-bond donors (Lipinski definition) is 0. The highest BCUT2D eigenvalue weighted by Gasteiger charge is 2.00. The molecule has 0 saturated heterocycles. The third-order valence-corrected chi connectivity index (χ3v) is 2.27. The van der Waals surface area contributed by atoms with Crippen molar-refractivity contribution in [1.82, 2.24) is 0 Å². The van der Waals surface area contributed by atoms with E-state index in [4.69, 9.17) is 0 Å². The zero-order valence-corrected chi connectivity index (χ0v) is 8.71. The van der Waals surface area contributed by atoms with E-state index in [1.807, 2.05) is 60.7 Å². The lowest BCUT2D eigenvalue weighted by molar-refractivity contribution is 1.49. The van der Waals surface area contributed by atoms with E-state index < -0.39 is 0 Å². The minimum Gasteiger partial charge on any atom is -0.145 e. The van der Waals surface area contributed by atoms with Crippen LogP contribution in [0, 0.1) is 4.91 Å². The number of rotatable bonds is 3. The molecule has 0 spiro atoms. The largest absolute Gasteiger partial charge is 0.145 e. The van der Waals surface area contributed by atoms with Gasteiger partial charge in [0, 0.05) is 5.56 Å². The van der Waals surface area contributed by atoms with Crippen LogP contribution in [0.3, 0.4) is 0 Å². The van der Waals surface area contributed by atoms with E-state index in [1.165, 1.54) is 0 Å². The summed E-state index contributed by atoms with van der Waals surface area (Å²) >= 11 is 0. The Morgan fingerprint density at radius 3 is 2.00 bits per heavy atom. The van der Waals surface area contributed by atoms with Gasteiger partial charge >= 0.3 is 0 Å². The Morgan fingerprint density at radius 1 is 0.875 bits per heavy atom. The van der Waals surface area contributed by atoms with E-state index in [0.717, 1.165) is 11.1 Å². The van der Waals surface area contributed by atoms with Crippen LogP contribution in [0.15, 0.2) is 65.8 Å². The average molecular weight is 209 g/mol. The van der Waals surface area contributed by atoms with Gasteiger partial charge in [-0.1, -0.05) is 60.7 Å². The third-order valence-electron chi connectivity index (χ3n) is 2.27. The van der Waals surface area contributed by atoms with Crippen LogP contribution in [0.25, 0.3) is 11.8 Å². The van der Waals surface area contributed by atoms with Crippen molar-refractivity contribution in [2.24, 2.45) is 5.18 Å². The van der Waals surface area contributed by atoms with Gasteiger partial charge in [-0.3, -0.25) is 0 Å². The fourth-order valence-electron chi connectivity index (χ4n) is 1.48. The average Bonchev–Trinajstić information content (AvgIpc) is 2.38. The fourth-order valence-corrected chi connectivity index (χ4v) is 1.48. The molecule has 0 radical (unpaired) electrons. The number of hydrogen-bond acceptors (Lipinski definition) is 2. The Bertz CT molecular complexity index is 489. The maximum absolute atomic E-state index is 10.8. The molecule has 2 aromatic carbocycles. The van der Waals surface area contributed by atoms with Crippen LogP contribution in [-0.2, 0) is 0 Å². The monoisotopic (exact) mass is 209 g/mol. The van der Waals surface area contributed by atoms with Crippen molar-refractivity contribution < 1.29 is 0 Å². The molecule has 78 valence electrons. The van der Waals surface area contributed by atoms with Crippen molar-refractivity contribution in [3.05, 3.63) is 76.7 Å². The summed E-state index contributed by atoms with van der Waals surface area (Å²) < 4.78 is 0. The second kappa shape index (κ2) is 5.03.